The number of thioether (sulfide) groups is 1. The van der Waals surface area contributed by atoms with Crippen molar-refractivity contribution in [2.24, 2.45) is 0 Å². The first-order valence-corrected chi connectivity index (χ1v) is 7.24. The maximum atomic E-state index is 11.9. The molecule has 0 aliphatic carbocycles. The summed E-state index contributed by atoms with van der Waals surface area (Å²) < 4.78 is 0. The smallest absolute Gasteiger partial charge is 0.335 e. The van der Waals surface area contributed by atoms with Gasteiger partial charge in [-0.2, -0.15) is 0 Å². The van der Waals surface area contributed by atoms with Gasteiger partial charge in [0.15, 0.2) is 0 Å². The summed E-state index contributed by atoms with van der Waals surface area (Å²) in [6.07, 6.45) is 2.87. The van der Waals surface area contributed by atoms with Crippen LogP contribution in [-0.4, -0.2) is 28.8 Å². The van der Waals surface area contributed by atoms with Gasteiger partial charge in [-0.3, -0.25) is 4.79 Å². The van der Waals surface area contributed by atoms with E-state index in [0.717, 1.165) is 36.3 Å². The highest BCUT2D eigenvalue weighted by molar-refractivity contribution is 8.00. The second kappa shape index (κ2) is 6.10. The molecule has 1 aliphatic heterocycles. The molecule has 19 heavy (non-hydrogen) atoms. The number of aromatic carboxylic acids is 1. The van der Waals surface area contributed by atoms with Crippen LogP contribution in [0.15, 0.2) is 23.1 Å². The molecule has 1 aromatic carbocycles. The Kier molecular flexibility index (Phi) is 4.47. The Morgan fingerprint density at radius 1 is 1.42 bits per heavy atom. The lowest BCUT2D eigenvalue weighted by atomic mass is 10.1. The van der Waals surface area contributed by atoms with Crippen LogP contribution in [0.3, 0.4) is 0 Å². The highest BCUT2D eigenvalue weighted by atomic mass is 32.2. The van der Waals surface area contributed by atoms with Crippen LogP contribution in [0.2, 0.25) is 0 Å². The van der Waals surface area contributed by atoms with E-state index >= 15 is 0 Å². The fourth-order valence-corrected chi connectivity index (χ4v) is 3.23. The second-order valence-electron chi connectivity index (χ2n) is 4.68. The monoisotopic (exact) mass is 279 g/mol. The number of nitrogens with one attached hydrogen (secondary N) is 1. The van der Waals surface area contributed by atoms with Gasteiger partial charge in [-0.25, -0.2) is 4.79 Å². The maximum absolute atomic E-state index is 11.9. The molecule has 1 amide bonds. The summed E-state index contributed by atoms with van der Waals surface area (Å²) >= 11 is 1.45. The van der Waals surface area contributed by atoms with Crippen LogP contribution in [-0.2, 0) is 4.79 Å². The first kappa shape index (κ1) is 13.9. The molecule has 1 fully saturated rings. The lowest BCUT2D eigenvalue weighted by Crippen LogP contribution is -2.30. The van der Waals surface area contributed by atoms with Crippen molar-refractivity contribution in [3.05, 3.63) is 29.3 Å². The normalized spacial score (nSPS) is 19.6. The van der Waals surface area contributed by atoms with E-state index in [1.807, 2.05) is 6.07 Å². The molecule has 102 valence electrons. The number of amides is 1. The highest BCUT2D eigenvalue weighted by Crippen LogP contribution is 2.29. The van der Waals surface area contributed by atoms with Gasteiger partial charge in [-0.05, 0) is 37.5 Å². The quantitative estimate of drug-likeness (QED) is 0.892. The Balaban J connectivity index is 2.16. The van der Waals surface area contributed by atoms with Gasteiger partial charge >= 0.3 is 5.97 Å². The van der Waals surface area contributed by atoms with Gasteiger partial charge in [0.25, 0.3) is 0 Å². The van der Waals surface area contributed by atoms with Crippen molar-refractivity contribution in [2.75, 3.05) is 6.54 Å². The van der Waals surface area contributed by atoms with E-state index in [4.69, 9.17) is 5.11 Å². The third kappa shape index (κ3) is 3.50. The third-order valence-corrected chi connectivity index (χ3v) is 4.46. The van der Waals surface area contributed by atoms with Crippen LogP contribution < -0.4 is 5.32 Å². The van der Waals surface area contributed by atoms with Crippen LogP contribution in [0.1, 0.15) is 35.2 Å². The van der Waals surface area contributed by atoms with Crippen LogP contribution in [0.4, 0.5) is 0 Å². The number of carboxylic acids is 1. The zero-order valence-electron chi connectivity index (χ0n) is 10.8. The van der Waals surface area contributed by atoms with Crippen molar-refractivity contribution in [1.29, 1.82) is 0 Å². The molecule has 0 spiro atoms. The summed E-state index contributed by atoms with van der Waals surface area (Å²) in [5.74, 6) is -0.870. The molecule has 0 radical (unpaired) electrons. The van der Waals surface area contributed by atoms with Crippen molar-refractivity contribution in [2.45, 2.75) is 36.3 Å². The Labute approximate surface area is 116 Å². The summed E-state index contributed by atoms with van der Waals surface area (Å²) in [6, 6.07) is 5.32. The first-order valence-electron chi connectivity index (χ1n) is 6.36. The lowest BCUT2D eigenvalue weighted by molar-refractivity contribution is -0.120. The largest absolute Gasteiger partial charge is 0.478 e. The molecule has 2 rings (SSSR count). The number of rotatable bonds is 3. The zero-order valence-corrected chi connectivity index (χ0v) is 11.6. The SMILES string of the molecule is Cc1ccc(SC2CCCCNC2=O)cc1C(=O)O. The number of hydrogen-bond donors (Lipinski definition) is 2. The highest BCUT2D eigenvalue weighted by Gasteiger charge is 2.22. The van der Waals surface area contributed by atoms with E-state index in [1.165, 1.54) is 11.8 Å². The Morgan fingerprint density at radius 2 is 2.21 bits per heavy atom. The first-order chi connectivity index (χ1) is 9.08. The lowest BCUT2D eigenvalue weighted by Gasteiger charge is -2.13. The van der Waals surface area contributed by atoms with E-state index in [9.17, 15) is 9.59 Å². The fourth-order valence-electron chi connectivity index (χ4n) is 2.09. The Hall–Kier alpha value is -1.49. The molecule has 5 heteroatoms. The number of aryl methyl sites for hydroxylation is 1. The number of hydrogen-bond acceptors (Lipinski definition) is 3. The predicted octanol–water partition coefficient (Wildman–Crippen LogP) is 2.45. The van der Waals surface area contributed by atoms with E-state index in [2.05, 4.69) is 5.32 Å². The summed E-state index contributed by atoms with van der Waals surface area (Å²) in [7, 11) is 0. The molecule has 1 unspecified atom stereocenters. The van der Waals surface area contributed by atoms with Crippen LogP contribution in [0.5, 0.6) is 0 Å². The summed E-state index contributed by atoms with van der Waals surface area (Å²) in [5.41, 5.74) is 1.04. The molecule has 1 atom stereocenters. The van der Waals surface area contributed by atoms with Crippen LogP contribution in [0.25, 0.3) is 0 Å². The average Bonchev–Trinajstić information content (AvgIpc) is 2.57. The summed E-state index contributed by atoms with van der Waals surface area (Å²) in [5, 5.41) is 11.9. The molecule has 1 saturated heterocycles. The topological polar surface area (TPSA) is 66.4 Å². The van der Waals surface area contributed by atoms with Crippen LogP contribution >= 0.6 is 11.8 Å². The Morgan fingerprint density at radius 3 is 2.95 bits per heavy atom. The molecule has 1 aliphatic rings. The molecule has 4 nitrogen and oxygen atoms in total. The van der Waals surface area contributed by atoms with Gasteiger partial charge in [0.1, 0.15) is 0 Å². The minimum absolute atomic E-state index is 0.0555. The van der Waals surface area contributed by atoms with Gasteiger partial charge in [-0.15, -0.1) is 11.8 Å². The van der Waals surface area contributed by atoms with E-state index in [-0.39, 0.29) is 11.2 Å². The van der Waals surface area contributed by atoms with Crippen molar-refractivity contribution < 1.29 is 14.7 Å². The predicted molar refractivity (Wildman–Crippen MR) is 74.6 cm³/mol. The maximum Gasteiger partial charge on any atom is 0.335 e. The van der Waals surface area contributed by atoms with Crippen LogP contribution in [0, 0.1) is 6.92 Å². The third-order valence-electron chi connectivity index (χ3n) is 3.20. The van der Waals surface area contributed by atoms with Gasteiger partial charge in [0.05, 0.1) is 10.8 Å². The Bertz CT molecular complexity index is 501. The van der Waals surface area contributed by atoms with E-state index in [1.54, 1.807) is 19.1 Å². The molecule has 0 bridgehead atoms. The summed E-state index contributed by atoms with van der Waals surface area (Å²) in [6.45, 7) is 2.51. The molecule has 0 aromatic heterocycles. The van der Waals surface area contributed by atoms with Gasteiger partial charge in [0.2, 0.25) is 5.91 Å². The van der Waals surface area contributed by atoms with Gasteiger partial charge < -0.3 is 10.4 Å². The molecular formula is C14H17NO3S. The number of carbonyl (C=O) groups excluding carboxylic acids is 1. The molecule has 1 heterocycles. The minimum Gasteiger partial charge on any atom is -0.478 e. The zero-order chi connectivity index (χ0) is 13.8. The molecule has 2 N–H and O–H groups in total. The second-order valence-corrected chi connectivity index (χ2v) is 5.95. The standard InChI is InChI=1S/C14H17NO3S/c1-9-5-6-10(8-11(9)14(17)18)19-12-4-2-3-7-15-13(12)16/h5-6,8,12H,2-4,7H2,1H3,(H,15,16)(H,17,18). The van der Waals surface area contributed by atoms with Crippen molar-refractivity contribution in [1.82, 2.24) is 5.32 Å². The number of carboxylic acid groups (broad SMARTS) is 1. The van der Waals surface area contributed by atoms with Gasteiger partial charge in [-0.1, -0.05) is 12.5 Å². The molecule has 0 saturated carbocycles. The molecule has 1 aromatic rings. The molecular weight excluding hydrogens is 262 g/mol. The van der Waals surface area contributed by atoms with E-state index < -0.39 is 5.97 Å². The fraction of sp³-hybridized carbons (Fsp3) is 0.429. The van der Waals surface area contributed by atoms with Gasteiger partial charge in [0, 0.05) is 11.4 Å². The average molecular weight is 279 g/mol. The summed E-state index contributed by atoms with van der Waals surface area (Å²) in [4.78, 5) is 23.8. The number of benzene rings is 1. The van der Waals surface area contributed by atoms with Crippen molar-refractivity contribution in [3.63, 3.8) is 0 Å². The van der Waals surface area contributed by atoms with Crippen molar-refractivity contribution >= 4 is 23.6 Å². The minimum atomic E-state index is -0.926. The van der Waals surface area contributed by atoms with Crippen molar-refractivity contribution in [3.8, 4) is 0 Å². The van der Waals surface area contributed by atoms with E-state index in [0.29, 0.717) is 5.56 Å². The number of carbonyl (C=O) groups is 2.